The van der Waals surface area contributed by atoms with Crippen molar-refractivity contribution in [2.45, 2.75) is 12.7 Å². The number of pyridine rings is 1. The fourth-order valence-corrected chi connectivity index (χ4v) is 2.94. The van der Waals surface area contributed by atoms with Crippen molar-refractivity contribution < 1.29 is 18.0 Å². The normalized spacial score (nSPS) is 10.9. The van der Waals surface area contributed by atoms with Gasteiger partial charge in [-0.1, -0.05) is 17.9 Å². The molecule has 0 atom stereocenters. The van der Waals surface area contributed by atoms with Crippen LogP contribution < -0.4 is 11.1 Å². The molecule has 0 unspecified atom stereocenters. The highest BCUT2D eigenvalue weighted by Gasteiger charge is 2.33. The van der Waals surface area contributed by atoms with E-state index in [0.717, 1.165) is 6.07 Å². The predicted octanol–water partition coefficient (Wildman–Crippen LogP) is 2.76. The molecular formula is C22H15F3N8O. The number of aromatic nitrogens is 6. The topological polar surface area (TPSA) is 125 Å². The number of nitrogens with one attached hydrogen (secondary N) is 1. The minimum atomic E-state index is -4.62. The molecule has 0 saturated carbocycles. The van der Waals surface area contributed by atoms with Crippen molar-refractivity contribution in [3.8, 4) is 11.8 Å². The smallest absolute Gasteiger partial charge is 0.368 e. The van der Waals surface area contributed by atoms with Crippen LogP contribution in [-0.4, -0.2) is 35.6 Å². The first-order valence-corrected chi connectivity index (χ1v) is 9.66. The third kappa shape index (κ3) is 5.52. The van der Waals surface area contributed by atoms with Crippen molar-refractivity contribution in [2.24, 2.45) is 0 Å². The SMILES string of the molecule is Nc1ncc(C#Cc2cncc(C(=O)Nc3ccc(Cn4cnnc4)c(C(F)(F)F)c3)c2)cn1. The fraction of sp³-hybridized carbons (Fsp3) is 0.0909. The fourth-order valence-electron chi connectivity index (χ4n) is 2.94. The molecule has 4 aromatic rings. The van der Waals surface area contributed by atoms with Gasteiger partial charge in [0.2, 0.25) is 5.95 Å². The van der Waals surface area contributed by atoms with E-state index in [4.69, 9.17) is 5.73 Å². The van der Waals surface area contributed by atoms with Gasteiger partial charge in [0, 0.05) is 36.0 Å². The molecule has 0 fully saturated rings. The van der Waals surface area contributed by atoms with Gasteiger partial charge in [-0.15, -0.1) is 10.2 Å². The van der Waals surface area contributed by atoms with Crippen LogP contribution in [0.4, 0.5) is 24.8 Å². The molecule has 1 amide bonds. The molecule has 0 radical (unpaired) electrons. The van der Waals surface area contributed by atoms with Gasteiger partial charge in [0.1, 0.15) is 12.7 Å². The van der Waals surface area contributed by atoms with Gasteiger partial charge >= 0.3 is 6.18 Å². The molecule has 0 aliphatic rings. The van der Waals surface area contributed by atoms with Crippen LogP contribution in [0.3, 0.4) is 0 Å². The number of anilines is 2. The lowest BCUT2D eigenvalue weighted by Crippen LogP contribution is -2.15. The quantitative estimate of drug-likeness (QED) is 0.445. The molecular weight excluding hydrogens is 449 g/mol. The summed E-state index contributed by atoms with van der Waals surface area (Å²) in [5, 5.41) is 9.65. The summed E-state index contributed by atoms with van der Waals surface area (Å²) in [6.07, 6.45) is 3.65. The molecule has 4 rings (SSSR count). The Morgan fingerprint density at radius 3 is 2.41 bits per heavy atom. The molecule has 0 spiro atoms. The number of hydrogen-bond acceptors (Lipinski definition) is 7. The van der Waals surface area contributed by atoms with E-state index < -0.39 is 17.6 Å². The van der Waals surface area contributed by atoms with Crippen molar-refractivity contribution >= 4 is 17.5 Å². The number of amides is 1. The summed E-state index contributed by atoms with van der Waals surface area (Å²) in [6, 6.07) is 5.05. The first-order valence-electron chi connectivity index (χ1n) is 9.66. The lowest BCUT2D eigenvalue weighted by molar-refractivity contribution is -0.138. The lowest BCUT2D eigenvalue weighted by Gasteiger charge is -2.15. The van der Waals surface area contributed by atoms with Gasteiger partial charge in [-0.05, 0) is 23.8 Å². The summed E-state index contributed by atoms with van der Waals surface area (Å²) >= 11 is 0. The highest BCUT2D eigenvalue weighted by molar-refractivity contribution is 6.04. The number of benzene rings is 1. The number of nitrogens with two attached hydrogens (primary N) is 1. The Bertz CT molecular complexity index is 1370. The molecule has 0 bridgehead atoms. The second kappa shape index (κ2) is 9.37. The molecule has 170 valence electrons. The van der Waals surface area contributed by atoms with Gasteiger partial charge in [-0.3, -0.25) is 9.78 Å². The second-order valence-electron chi connectivity index (χ2n) is 7.00. The lowest BCUT2D eigenvalue weighted by atomic mass is 10.1. The number of hydrogen-bond donors (Lipinski definition) is 2. The maximum atomic E-state index is 13.6. The molecule has 0 aliphatic carbocycles. The molecule has 3 aromatic heterocycles. The van der Waals surface area contributed by atoms with Crippen molar-refractivity contribution in [3.63, 3.8) is 0 Å². The van der Waals surface area contributed by atoms with Gasteiger partial charge in [0.15, 0.2) is 0 Å². The summed E-state index contributed by atoms with van der Waals surface area (Å²) in [7, 11) is 0. The standard InChI is InChI=1S/C22H15F3N8O/c23-22(24,25)19-6-18(4-3-16(19)11-33-12-30-31-13-33)32-20(34)17-5-14(7-27-10-17)1-2-15-8-28-21(26)29-9-15/h3-10,12-13H,11H2,(H,32,34)(H2,26,28,29). The monoisotopic (exact) mass is 464 g/mol. The first-order chi connectivity index (χ1) is 16.3. The Kier molecular flexibility index (Phi) is 6.18. The van der Waals surface area contributed by atoms with Crippen LogP contribution in [0.5, 0.6) is 0 Å². The average molecular weight is 464 g/mol. The maximum absolute atomic E-state index is 13.6. The first kappa shape index (κ1) is 22.4. The van der Waals surface area contributed by atoms with E-state index in [-0.39, 0.29) is 29.3 Å². The second-order valence-corrected chi connectivity index (χ2v) is 7.00. The largest absolute Gasteiger partial charge is 0.416 e. The van der Waals surface area contributed by atoms with E-state index in [2.05, 4.69) is 42.3 Å². The van der Waals surface area contributed by atoms with E-state index in [1.54, 1.807) is 0 Å². The number of carbonyl (C=O) groups excluding carboxylic acids is 1. The zero-order valence-corrected chi connectivity index (χ0v) is 17.3. The number of rotatable bonds is 4. The summed E-state index contributed by atoms with van der Waals surface area (Å²) < 4.78 is 42.3. The van der Waals surface area contributed by atoms with Gasteiger partial charge in [0.25, 0.3) is 5.91 Å². The highest BCUT2D eigenvalue weighted by Crippen LogP contribution is 2.34. The average Bonchev–Trinajstić information content (AvgIpc) is 3.32. The molecule has 34 heavy (non-hydrogen) atoms. The number of alkyl halides is 3. The van der Waals surface area contributed by atoms with E-state index >= 15 is 0 Å². The molecule has 1 aromatic carbocycles. The minimum Gasteiger partial charge on any atom is -0.368 e. The van der Waals surface area contributed by atoms with Gasteiger partial charge in [-0.2, -0.15) is 13.2 Å². The van der Waals surface area contributed by atoms with Crippen LogP contribution >= 0.6 is 0 Å². The molecule has 3 heterocycles. The Morgan fingerprint density at radius 1 is 1.00 bits per heavy atom. The third-order valence-electron chi connectivity index (χ3n) is 4.52. The number of carbonyl (C=O) groups is 1. The number of nitrogens with zero attached hydrogens (tertiary/aromatic N) is 6. The highest BCUT2D eigenvalue weighted by atomic mass is 19.4. The Labute approximate surface area is 190 Å². The van der Waals surface area contributed by atoms with Crippen LogP contribution in [0.25, 0.3) is 0 Å². The number of nitrogen functional groups attached to an aromatic ring is 1. The molecule has 0 aliphatic heterocycles. The van der Waals surface area contributed by atoms with Crippen LogP contribution in [0.2, 0.25) is 0 Å². The summed E-state index contributed by atoms with van der Waals surface area (Å²) in [4.78, 5) is 24.3. The molecule has 9 nitrogen and oxygen atoms in total. The van der Waals surface area contributed by atoms with Crippen LogP contribution in [-0.2, 0) is 12.7 Å². The van der Waals surface area contributed by atoms with Crippen molar-refractivity contribution in [3.05, 3.63) is 89.5 Å². The van der Waals surface area contributed by atoms with Crippen molar-refractivity contribution in [2.75, 3.05) is 11.1 Å². The molecule has 0 saturated heterocycles. The van der Waals surface area contributed by atoms with E-state index in [0.29, 0.717) is 11.1 Å². The predicted molar refractivity (Wildman–Crippen MR) is 115 cm³/mol. The molecule has 3 N–H and O–H groups in total. The van der Waals surface area contributed by atoms with Crippen LogP contribution in [0.1, 0.15) is 32.6 Å². The third-order valence-corrected chi connectivity index (χ3v) is 4.52. The van der Waals surface area contributed by atoms with E-state index in [1.807, 2.05) is 0 Å². The van der Waals surface area contributed by atoms with E-state index in [1.165, 1.54) is 60.2 Å². The zero-order valence-electron chi connectivity index (χ0n) is 17.3. The minimum absolute atomic E-state index is 0.0101. The Hall–Kier alpha value is -4.79. The summed E-state index contributed by atoms with van der Waals surface area (Å²) in [5.74, 6) is 5.12. The zero-order chi connectivity index (χ0) is 24.1. The van der Waals surface area contributed by atoms with Gasteiger partial charge in [0.05, 0.1) is 23.2 Å². The van der Waals surface area contributed by atoms with Crippen molar-refractivity contribution in [1.29, 1.82) is 0 Å². The van der Waals surface area contributed by atoms with Gasteiger partial charge in [-0.25, -0.2) is 9.97 Å². The molecule has 12 heteroatoms. The van der Waals surface area contributed by atoms with Crippen LogP contribution in [0, 0.1) is 11.8 Å². The summed E-state index contributed by atoms with van der Waals surface area (Å²) in [6.45, 7) is -0.0697. The van der Waals surface area contributed by atoms with Crippen LogP contribution in [0.15, 0.2) is 61.7 Å². The van der Waals surface area contributed by atoms with Crippen molar-refractivity contribution in [1.82, 2.24) is 29.7 Å². The maximum Gasteiger partial charge on any atom is 0.416 e. The number of halogens is 3. The van der Waals surface area contributed by atoms with E-state index in [9.17, 15) is 18.0 Å². The van der Waals surface area contributed by atoms with Gasteiger partial charge < -0.3 is 15.6 Å². The summed E-state index contributed by atoms with van der Waals surface area (Å²) in [5.41, 5.74) is 5.61. The Morgan fingerprint density at radius 2 is 1.71 bits per heavy atom. The Balaban J connectivity index is 1.53.